The van der Waals surface area contributed by atoms with Gasteiger partial charge in [0.25, 0.3) is 0 Å². The molecule has 2 rings (SSSR count). The highest BCUT2D eigenvalue weighted by atomic mass is 16.6. The first-order chi connectivity index (χ1) is 9.92. The van der Waals surface area contributed by atoms with Gasteiger partial charge in [0.1, 0.15) is 5.60 Å². The number of alkyl carbamates (subject to hydrolysis) is 1. The van der Waals surface area contributed by atoms with Gasteiger partial charge >= 0.3 is 6.09 Å². The molecule has 0 saturated heterocycles. The zero-order valence-electron chi connectivity index (χ0n) is 12.4. The van der Waals surface area contributed by atoms with Crippen LogP contribution in [0.3, 0.4) is 0 Å². The van der Waals surface area contributed by atoms with E-state index < -0.39 is 11.7 Å². The SMILES string of the molecule is CC(C)(C)OC(=O)NCc1ccc(Cc2nnco2)cc1. The first kappa shape index (κ1) is 15.0. The number of nitrogens with zero attached hydrogens (tertiary/aromatic N) is 2. The van der Waals surface area contributed by atoms with Crippen LogP contribution < -0.4 is 5.32 Å². The summed E-state index contributed by atoms with van der Waals surface area (Å²) < 4.78 is 10.3. The van der Waals surface area contributed by atoms with E-state index in [1.807, 2.05) is 45.0 Å². The lowest BCUT2D eigenvalue weighted by Gasteiger charge is -2.19. The lowest BCUT2D eigenvalue weighted by molar-refractivity contribution is 0.0523. The van der Waals surface area contributed by atoms with Crippen molar-refractivity contribution in [2.45, 2.75) is 39.3 Å². The summed E-state index contributed by atoms with van der Waals surface area (Å²) in [5, 5.41) is 10.2. The number of nitrogens with one attached hydrogen (secondary N) is 1. The van der Waals surface area contributed by atoms with Crippen molar-refractivity contribution in [3.63, 3.8) is 0 Å². The molecule has 6 heteroatoms. The van der Waals surface area contributed by atoms with Crippen LogP contribution in [0.2, 0.25) is 0 Å². The van der Waals surface area contributed by atoms with E-state index in [4.69, 9.17) is 9.15 Å². The van der Waals surface area contributed by atoms with Crippen LogP contribution in [-0.4, -0.2) is 21.9 Å². The zero-order valence-corrected chi connectivity index (χ0v) is 12.4. The molecular weight excluding hydrogens is 270 g/mol. The Balaban J connectivity index is 1.84. The molecule has 1 aromatic heterocycles. The van der Waals surface area contributed by atoms with Gasteiger partial charge in [0.15, 0.2) is 0 Å². The Hall–Kier alpha value is -2.37. The summed E-state index contributed by atoms with van der Waals surface area (Å²) in [5.41, 5.74) is 1.58. The minimum atomic E-state index is -0.488. The van der Waals surface area contributed by atoms with E-state index in [9.17, 15) is 4.79 Å². The summed E-state index contributed by atoms with van der Waals surface area (Å²) in [6, 6.07) is 7.83. The highest BCUT2D eigenvalue weighted by Crippen LogP contribution is 2.10. The maximum absolute atomic E-state index is 11.5. The summed E-state index contributed by atoms with van der Waals surface area (Å²) in [6.07, 6.45) is 1.49. The third kappa shape index (κ3) is 5.25. The van der Waals surface area contributed by atoms with Gasteiger partial charge in [-0.05, 0) is 31.9 Å². The van der Waals surface area contributed by atoms with E-state index in [0.29, 0.717) is 18.9 Å². The molecular formula is C15H19N3O3. The molecule has 0 fully saturated rings. The minimum Gasteiger partial charge on any atom is -0.444 e. The van der Waals surface area contributed by atoms with Crippen LogP contribution in [0.25, 0.3) is 0 Å². The van der Waals surface area contributed by atoms with Crippen LogP contribution in [0.5, 0.6) is 0 Å². The first-order valence-corrected chi connectivity index (χ1v) is 6.72. The second kappa shape index (κ2) is 6.39. The average molecular weight is 289 g/mol. The molecule has 1 aromatic carbocycles. The molecule has 0 aliphatic rings. The summed E-state index contributed by atoms with van der Waals surface area (Å²) in [7, 11) is 0. The Morgan fingerprint density at radius 2 is 1.90 bits per heavy atom. The topological polar surface area (TPSA) is 77.2 Å². The highest BCUT2D eigenvalue weighted by molar-refractivity contribution is 5.67. The molecule has 0 atom stereocenters. The van der Waals surface area contributed by atoms with E-state index >= 15 is 0 Å². The fraction of sp³-hybridized carbons (Fsp3) is 0.400. The monoisotopic (exact) mass is 289 g/mol. The van der Waals surface area contributed by atoms with E-state index in [0.717, 1.165) is 11.1 Å². The van der Waals surface area contributed by atoms with Crippen LogP contribution in [0, 0.1) is 0 Å². The van der Waals surface area contributed by atoms with Crippen LogP contribution in [0.4, 0.5) is 4.79 Å². The summed E-state index contributed by atoms with van der Waals surface area (Å²) in [5.74, 6) is 0.578. The number of amides is 1. The number of rotatable bonds is 4. The maximum atomic E-state index is 11.5. The van der Waals surface area contributed by atoms with Gasteiger partial charge in [0.2, 0.25) is 12.3 Å². The van der Waals surface area contributed by atoms with E-state index in [1.54, 1.807) is 0 Å². The fourth-order valence-corrected chi connectivity index (χ4v) is 1.71. The van der Waals surface area contributed by atoms with Gasteiger partial charge in [0, 0.05) is 6.54 Å². The third-order valence-electron chi connectivity index (χ3n) is 2.62. The highest BCUT2D eigenvalue weighted by Gasteiger charge is 2.15. The van der Waals surface area contributed by atoms with Crippen molar-refractivity contribution < 1.29 is 13.9 Å². The van der Waals surface area contributed by atoms with Crippen molar-refractivity contribution in [1.82, 2.24) is 15.5 Å². The van der Waals surface area contributed by atoms with Crippen LogP contribution in [-0.2, 0) is 17.7 Å². The quantitative estimate of drug-likeness (QED) is 0.936. The van der Waals surface area contributed by atoms with Gasteiger partial charge in [0.05, 0.1) is 6.42 Å². The molecule has 2 aromatic rings. The molecule has 0 spiro atoms. The number of ether oxygens (including phenoxy) is 1. The molecule has 0 radical (unpaired) electrons. The largest absolute Gasteiger partial charge is 0.444 e. The molecule has 0 saturated carbocycles. The van der Waals surface area contributed by atoms with Crippen LogP contribution in [0.1, 0.15) is 37.8 Å². The van der Waals surface area contributed by atoms with Gasteiger partial charge in [-0.25, -0.2) is 4.79 Å². The number of hydrogen-bond acceptors (Lipinski definition) is 5. The second-order valence-corrected chi connectivity index (χ2v) is 5.68. The molecule has 1 N–H and O–H groups in total. The average Bonchev–Trinajstić information content (AvgIpc) is 2.89. The molecule has 6 nitrogen and oxygen atoms in total. The standard InChI is InChI=1S/C15H19N3O3/c1-15(2,3)21-14(19)16-9-12-6-4-11(5-7-12)8-13-18-17-10-20-13/h4-7,10H,8-9H2,1-3H3,(H,16,19). The molecule has 0 bridgehead atoms. The molecule has 0 aliphatic carbocycles. The van der Waals surface area contributed by atoms with Crippen LogP contribution in [0.15, 0.2) is 35.1 Å². The Kier molecular flexibility index (Phi) is 4.57. The van der Waals surface area contributed by atoms with Crippen molar-refractivity contribution in [3.05, 3.63) is 47.7 Å². The molecule has 21 heavy (non-hydrogen) atoms. The van der Waals surface area contributed by atoms with E-state index in [1.165, 1.54) is 6.39 Å². The van der Waals surface area contributed by atoms with Gasteiger partial charge < -0.3 is 14.5 Å². The molecule has 1 heterocycles. The number of benzene rings is 1. The first-order valence-electron chi connectivity index (χ1n) is 6.72. The van der Waals surface area contributed by atoms with Crippen molar-refractivity contribution >= 4 is 6.09 Å². The van der Waals surface area contributed by atoms with Gasteiger partial charge in [-0.15, -0.1) is 10.2 Å². The summed E-state index contributed by atoms with van der Waals surface area (Å²) >= 11 is 0. The molecule has 0 unspecified atom stereocenters. The predicted molar refractivity (Wildman–Crippen MR) is 76.6 cm³/mol. The van der Waals surface area contributed by atoms with Crippen molar-refractivity contribution in [1.29, 1.82) is 0 Å². The number of carbonyl (C=O) groups is 1. The van der Waals surface area contributed by atoms with Gasteiger partial charge in [-0.3, -0.25) is 0 Å². The zero-order chi connectivity index (χ0) is 15.3. The molecule has 112 valence electrons. The van der Waals surface area contributed by atoms with E-state index in [-0.39, 0.29) is 0 Å². The molecule has 1 amide bonds. The van der Waals surface area contributed by atoms with Gasteiger partial charge in [-0.1, -0.05) is 24.3 Å². The Morgan fingerprint density at radius 3 is 2.48 bits per heavy atom. The Bertz CT molecular complexity index is 571. The number of carbonyl (C=O) groups excluding carboxylic acids is 1. The number of aromatic nitrogens is 2. The minimum absolute atomic E-state index is 0.419. The fourth-order valence-electron chi connectivity index (χ4n) is 1.71. The Labute approximate surface area is 123 Å². The Morgan fingerprint density at radius 1 is 1.24 bits per heavy atom. The van der Waals surface area contributed by atoms with Crippen molar-refractivity contribution in [3.8, 4) is 0 Å². The lowest BCUT2D eigenvalue weighted by atomic mass is 10.1. The molecule has 0 aliphatic heterocycles. The maximum Gasteiger partial charge on any atom is 0.407 e. The second-order valence-electron chi connectivity index (χ2n) is 5.68. The van der Waals surface area contributed by atoms with Crippen molar-refractivity contribution in [2.24, 2.45) is 0 Å². The summed E-state index contributed by atoms with van der Waals surface area (Å²) in [6.45, 7) is 5.92. The van der Waals surface area contributed by atoms with E-state index in [2.05, 4.69) is 15.5 Å². The van der Waals surface area contributed by atoms with Crippen LogP contribution >= 0.6 is 0 Å². The van der Waals surface area contributed by atoms with Gasteiger partial charge in [-0.2, -0.15) is 0 Å². The lowest BCUT2D eigenvalue weighted by Crippen LogP contribution is -2.32. The van der Waals surface area contributed by atoms with Crippen molar-refractivity contribution in [2.75, 3.05) is 0 Å². The third-order valence-corrected chi connectivity index (χ3v) is 2.62. The smallest absolute Gasteiger partial charge is 0.407 e. The summed E-state index contributed by atoms with van der Waals surface area (Å²) in [4.78, 5) is 11.5. The predicted octanol–water partition coefficient (Wildman–Crippen LogP) is 2.69. The normalized spacial score (nSPS) is 11.2. The number of hydrogen-bond donors (Lipinski definition) is 1.